The molecule has 0 saturated heterocycles. The number of hydrogen-bond acceptors (Lipinski definition) is 3. The molecule has 2 nitrogen and oxygen atoms in total. The Morgan fingerprint density at radius 1 is 1.37 bits per heavy atom. The molecule has 0 aliphatic heterocycles. The molecular formula is C16H28N2S. The van der Waals surface area contributed by atoms with Crippen molar-refractivity contribution in [3.8, 4) is 0 Å². The molecule has 1 N–H and O–H groups in total. The van der Waals surface area contributed by atoms with Crippen LogP contribution in [0.1, 0.15) is 68.5 Å². The maximum absolute atomic E-state index is 4.96. The molecule has 0 spiro atoms. The predicted octanol–water partition coefficient (Wildman–Crippen LogP) is 4.42. The number of rotatable bonds is 6. The van der Waals surface area contributed by atoms with Crippen molar-refractivity contribution in [3.63, 3.8) is 0 Å². The van der Waals surface area contributed by atoms with Gasteiger partial charge in [-0.25, -0.2) is 4.98 Å². The van der Waals surface area contributed by atoms with Gasteiger partial charge in [-0.2, -0.15) is 0 Å². The summed E-state index contributed by atoms with van der Waals surface area (Å²) in [5.74, 6) is 0.874. The van der Waals surface area contributed by atoms with E-state index in [9.17, 15) is 0 Å². The van der Waals surface area contributed by atoms with Gasteiger partial charge in [0, 0.05) is 4.88 Å². The smallest absolute Gasteiger partial charge is 0.113 e. The van der Waals surface area contributed by atoms with Crippen molar-refractivity contribution in [2.24, 2.45) is 5.92 Å². The lowest BCUT2D eigenvalue weighted by Gasteiger charge is -2.29. The third-order valence-electron chi connectivity index (χ3n) is 4.54. The fourth-order valence-electron chi connectivity index (χ4n) is 3.25. The highest BCUT2D eigenvalue weighted by Crippen LogP contribution is 2.45. The van der Waals surface area contributed by atoms with Crippen LogP contribution in [0.15, 0.2) is 0 Å². The van der Waals surface area contributed by atoms with Gasteiger partial charge < -0.3 is 5.32 Å². The summed E-state index contributed by atoms with van der Waals surface area (Å²) in [6.07, 6.45) is 7.46. The Morgan fingerprint density at radius 2 is 2.16 bits per heavy atom. The lowest BCUT2D eigenvalue weighted by Crippen LogP contribution is -2.40. The van der Waals surface area contributed by atoms with E-state index in [1.165, 1.54) is 47.7 Å². The van der Waals surface area contributed by atoms with Gasteiger partial charge in [0.15, 0.2) is 0 Å². The first kappa shape index (κ1) is 15.0. The minimum Gasteiger partial charge on any atom is -0.305 e. The molecular weight excluding hydrogens is 252 g/mol. The molecule has 1 aromatic heterocycles. The van der Waals surface area contributed by atoms with Gasteiger partial charge in [-0.3, -0.25) is 0 Å². The van der Waals surface area contributed by atoms with Gasteiger partial charge in [0.2, 0.25) is 0 Å². The average molecular weight is 280 g/mol. The first-order chi connectivity index (χ1) is 9.15. The van der Waals surface area contributed by atoms with Gasteiger partial charge in [-0.15, -0.1) is 11.3 Å². The van der Waals surface area contributed by atoms with Crippen molar-refractivity contribution < 1.29 is 0 Å². The Bertz CT molecular complexity index is 413. The summed E-state index contributed by atoms with van der Waals surface area (Å²) < 4.78 is 0. The van der Waals surface area contributed by atoms with Crippen LogP contribution in [0.3, 0.4) is 0 Å². The minimum atomic E-state index is 0.180. The largest absolute Gasteiger partial charge is 0.305 e. The monoisotopic (exact) mass is 280 g/mol. The second-order valence-corrected chi connectivity index (χ2v) is 7.10. The third kappa shape index (κ3) is 3.03. The molecule has 1 aliphatic rings. The van der Waals surface area contributed by atoms with Crippen LogP contribution in [0.4, 0.5) is 0 Å². The summed E-state index contributed by atoms with van der Waals surface area (Å²) in [5, 5.41) is 5.19. The Balaban J connectivity index is 2.26. The molecule has 0 radical (unpaired) electrons. The maximum atomic E-state index is 4.96. The fourth-order valence-corrected chi connectivity index (χ4v) is 4.46. The van der Waals surface area contributed by atoms with Crippen molar-refractivity contribution in [2.45, 2.75) is 71.8 Å². The van der Waals surface area contributed by atoms with Crippen LogP contribution in [-0.2, 0) is 12.0 Å². The Hall–Kier alpha value is -0.410. The molecule has 19 heavy (non-hydrogen) atoms. The van der Waals surface area contributed by atoms with Crippen LogP contribution in [0.25, 0.3) is 0 Å². The molecule has 1 fully saturated rings. The first-order valence-electron chi connectivity index (χ1n) is 7.87. The van der Waals surface area contributed by atoms with E-state index in [-0.39, 0.29) is 5.54 Å². The molecule has 0 amide bonds. The number of aromatic nitrogens is 1. The van der Waals surface area contributed by atoms with Crippen LogP contribution in [0.5, 0.6) is 0 Å². The number of nitrogens with zero attached hydrogens (tertiary/aromatic N) is 1. The summed E-state index contributed by atoms with van der Waals surface area (Å²) in [4.78, 5) is 6.37. The zero-order chi connectivity index (χ0) is 13.9. The second-order valence-electron chi connectivity index (χ2n) is 5.90. The SMILES string of the molecule is CCCNC1(c2nc(CC)c(C)s2)CCC(CC)C1. The number of thiazole rings is 1. The molecule has 3 heteroatoms. The van der Waals surface area contributed by atoms with Crippen molar-refractivity contribution in [3.05, 3.63) is 15.6 Å². The van der Waals surface area contributed by atoms with Gasteiger partial charge in [0.05, 0.1) is 11.2 Å². The van der Waals surface area contributed by atoms with Crippen LogP contribution in [0.2, 0.25) is 0 Å². The van der Waals surface area contributed by atoms with E-state index in [2.05, 4.69) is 33.0 Å². The Labute approximate surface area is 122 Å². The zero-order valence-corrected chi connectivity index (χ0v) is 13.7. The molecule has 2 atom stereocenters. The quantitative estimate of drug-likeness (QED) is 0.834. The molecule has 1 saturated carbocycles. The van der Waals surface area contributed by atoms with E-state index >= 15 is 0 Å². The van der Waals surface area contributed by atoms with Crippen LogP contribution in [-0.4, -0.2) is 11.5 Å². The van der Waals surface area contributed by atoms with Gasteiger partial charge >= 0.3 is 0 Å². The summed E-state index contributed by atoms with van der Waals surface area (Å²) in [5.41, 5.74) is 1.48. The first-order valence-corrected chi connectivity index (χ1v) is 8.68. The highest BCUT2D eigenvalue weighted by Gasteiger charge is 2.41. The maximum Gasteiger partial charge on any atom is 0.113 e. The van der Waals surface area contributed by atoms with Crippen molar-refractivity contribution in [1.29, 1.82) is 0 Å². The molecule has 108 valence electrons. The molecule has 0 aromatic carbocycles. The van der Waals surface area contributed by atoms with Crippen LogP contribution < -0.4 is 5.32 Å². The van der Waals surface area contributed by atoms with E-state index in [1.54, 1.807) is 0 Å². The topological polar surface area (TPSA) is 24.9 Å². The van der Waals surface area contributed by atoms with Crippen molar-refractivity contribution in [1.82, 2.24) is 10.3 Å². The summed E-state index contributed by atoms with van der Waals surface area (Å²) >= 11 is 1.92. The van der Waals surface area contributed by atoms with Crippen LogP contribution in [0, 0.1) is 12.8 Å². The lowest BCUT2D eigenvalue weighted by atomic mass is 9.95. The predicted molar refractivity (Wildman–Crippen MR) is 83.8 cm³/mol. The molecule has 2 unspecified atom stereocenters. The summed E-state index contributed by atoms with van der Waals surface area (Å²) in [6.45, 7) is 10.1. The van der Waals surface area contributed by atoms with Gasteiger partial charge in [-0.1, -0.05) is 27.2 Å². The highest BCUT2D eigenvalue weighted by atomic mass is 32.1. The molecule has 1 heterocycles. The minimum absolute atomic E-state index is 0.180. The van der Waals surface area contributed by atoms with E-state index in [1.807, 2.05) is 11.3 Å². The van der Waals surface area contributed by atoms with Gasteiger partial charge in [0.25, 0.3) is 0 Å². The van der Waals surface area contributed by atoms with E-state index in [0.29, 0.717) is 0 Å². The van der Waals surface area contributed by atoms with Crippen molar-refractivity contribution >= 4 is 11.3 Å². The normalized spacial score (nSPS) is 27.1. The average Bonchev–Trinajstić information content (AvgIpc) is 3.01. The molecule has 1 aliphatic carbocycles. The lowest BCUT2D eigenvalue weighted by molar-refractivity contribution is 0.324. The fraction of sp³-hybridized carbons (Fsp3) is 0.812. The summed E-state index contributed by atoms with van der Waals surface area (Å²) in [6, 6.07) is 0. The third-order valence-corrected chi connectivity index (χ3v) is 5.76. The molecule has 0 bridgehead atoms. The second kappa shape index (κ2) is 6.36. The summed E-state index contributed by atoms with van der Waals surface area (Å²) in [7, 11) is 0. The number of nitrogens with one attached hydrogen (secondary N) is 1. The molecule has 1 aromatic rings. The van der Waals surface area contributed by atoms with Gasteiger partial charge in [0.1, 0.15) is 5.01 Å². The Kier molecular flexibility index (Phi) is 5.02. The van der Waals surface area contributed by atoms with E-state index in [4.69, 9.17) is 4.98 Å². The zero-order valence-electron chi connectivity index (χ0n) is 12.9. The standard InChI is InChI=1S/C16H28N2S/c1-5-10-17-16(9-8-13(6-2)11-16)15-18-14(7-3)12(4)19-15/h13,17H,5-11H2,1-4H3. The molecule has 2 rings (SSSR count). The van der Waals surface area contributed by atoms with Crippen molar-refractivity contribution in [2.75, 3.05) is 6.54 Å². The van der Waals surface area contributed by atoms with Gasteiger partial charge in [-0.05, 0) is 51.5 Å². The van der Waals surface area contributed by atoms with E-state index < -0.39 is 0 Å². The highest BCUT2D eigenvalue weighted by molar-refractivity contribution is 7.11. The number of hydrogen-bond donors (Lipinski definition) is 1. The van der Waals surface area contributed by atoms with Crippen LogP contribution >= 0.6 is 11.3 Å². The number of aryl methyl sites for hydroxylation is 2. The van der Waals surface area contributed by atoms with E-state index in [0.717, 1.165) is 18.9 Å². The Morgan fingerprint density at radius 3 is 2.68 bits per heavy atom.